The van der Waals surface area contributed by atoms with Gasteiger partial charge in [-0.2, -0.15) is 0 Å². The normalized spacial score (nSPS) is 18.5. The molecule has 0 N–H and O–H groups in total. The molecule has 0 unspecified atom stereocenters. The van der Waals surface area contributed by atoms with E-state index in [9.17, 15) is 4.79 Å². The zero-order valence-corrected chi connectivity index (χ0v) is 14.8. The highest BCUT2D eigenvalue weighted by molar-refractivity contribution is 7.10. The van der Waals surface area contributed by atoms with Gasteiger partial charge in [-0.25, -0.2) is 0 Å². The van der Waals surface area contributed by atoms with E-state index in [0.717, 1.165) is 36.4 Å². The molecule has 0 radical (unpaired) electrons. The van der Waals surface area contributed by atoms with Crippen molar-refractivity contribution in [1.29, 1.82) is 0 Å². The van der Waals surface area contributed by atoms with E-state index in [2.05, 4.69) is 12.1 Å². The van der Waals surface area contributed by atoms with Crippen molar-refractivity contribution in [3.63, 3.8) is 0 Å². The molecular formula is C20H23NO2S. The first kappa shape index (κ1) is 16.8. The van der Waals surface area contributed by atoms with Crippen LogP contribution in [0, 0.1) is 0 Å². The van der Waals surface area contributed by atoms with Gasteiger partial charge in [0.2, 0.25) is 5.91 Å². The molecule has 1 aromatic carbocycles. The lowest BCUT2D eigenvalue weighted by molar-refractivity contribution is -0.128. The molecule has 1 fully saturated rings. The molecule has 2 heterocycles. The molecule has 24 heavy (non-hydrogen) atoms. The summed E-state index contributed by atoms with van der Waals surface area (Å²) in [6.45, 7) is 0.824. The molecule has 0 spiro atoms. The lowest BCUT2D eigenvalue weighted by Gasteiger charge is -2.29. The Balaban J connectivity index is 1.79. The van der Waals surface area contributed by atoms with E-state index < -0.39 is 0 Å². The lowest BCUT2D eigenvalue weighted by Crippen LogP contribution is -2.33. The molecule has 1 aliphatic heterocycles. The van der Waals surface area contributed by atoms with Gasteiger partial charge < -0.3 is 9.64 Å². The van der Waals surface area contributed by atoms with E-state index in [1.807, 2.05) is 40.6 Å². The summed E-state index contributed by atoms with van der Waals surface area (Å²) in [4.78, 5) is 15.9. The SMILES string of the molecule is COc1ccc([C@@H]2CCCCCN2C(=O)/C=C/c2cccs2)cc1. The number of hydrogen-bond donors (Lipinski definition) is 0. The van der Waals surface area contributed by atoms with Gasteiger partial charge in [0.05, 0.1) is 13.2 Å². The summed E-state index contributed by atoms with van der Waals surface area (Å²) in [6, 6.07) is 12.3. The third-order valence-corrected chi connectivity index (χ3v) is 5.31. The molecule has 1 saturated heterocycles. The fourth-order valence-corrected chi connectivity index (χ4v) is 3.80. The van der Waals surface area contributed by atoms with Crippen LogP contribution in [-0.2, 0) is 4.79 Å². The Morgan fingerprint density at radius 2 is 2.04 bits per heavy atom. The highest BCUT2D eigenvalue weighted by atomic mass is 32.1. The summed E-state index contributed by atoms with van der Waals surface area (Å²) >= 11 is 1.65. The number of benzene rings is 1. The van der Waals surface area contributed by atoms with Crippen LogP contribution in [0.1, 0.15) is 42.2 Å². The number of carbonyl (C=O) groups excluding carboxylic acids is 1. The summed E-state index contributed by atoms with van der Waals surface area (Å²) in [5.74, 6) is 0.953. The van der Waals surface area contributed by atoms with Crippen LogP contribution in [0.3, 0.4) is 0 Å². The topological polar surface area (TPSA) is 29.5 Å². The van der Waals surface area contributed by atoms with Gasteiger partial charge in [0.1, 0.15) is 5.75 Å². The number of ether oxygens (including phenoxy) is 1. The van der Waals surface area contributed by atoms with Gasteiger partial charge in [-0.1, -0.05) is 31.0 Å². The molecule has 0 saturated carbocycles. The molecule has 3 rings (SSSR count). The Labute approximate surface area is 147 Å². The molecule has 1 aromatic heterocycles. The first-order valence-corrected chi connectivity index (χ1v) is 9.32. The minimum absolute atomic E-state index is 0.103. The maximum atomic E-state index is 12.8. The smallest absolute Gasteiger partial charge is 0.247 e. The van der Waals surface area contributed by atoms with Crippen LogP contribution in [0.25, 0.3) is 6.08 Å². The number of likely N-dealkylation sites (tertiary alicyclic amines) is 1. The highest BCUT2D eigenvalue weighted by Gasteiger charge is 2.25. The lowest BCUT2D eigenvalue weighted by atomic mass is 10.0. The zero-order valence-electron chi connectivity index (χ0n) is 14.0. The van der Waals surface area contributed by atoms with Crippen molar-refractivity contribution in [1.82, 2.24) is 4.90 Å². The number of rotatable bonds is 4. The summed E-state index contributed by atoms with van der Waals surface area (Å²) in [7, 11) is 1.67. The fourth-order valence-electron chi connectivity index (χ4n) is 3.18. The average molecular weight is 341 g/mol. The Morgan fingerprint density at radius 1 is 1.21 bits per heavy atom. The second kappa shape index (κ2) is 8.15. The predicted octanol–water partition coefficient (Wildman–Crippen LogP) is 4.91. The van der Waals surface area contributed by atoms with Crippen molar-refractivity contribution in [2.75, 3.05) is 13.7 Å². The van der Waals surface area contributed by atoms with Crippen molar-refractivity contribution in [3.05, 3.63) is 58.3 Å². The predicted molar refractivity (Wildman–Crippen MR) is 99.3 cm³/mol. The summed E-state index contributed by atoms with van der Waals surface area (Å²) < 4.78 is 5.24. The van der Waals surface area contributed by atoms with E-state index in [4.69, 9.17) is 4.74 Å². The average Bonchev–Trinajstić information content (AvgIpc) is 3.02. The molecule has 126 valence electrons. The van der Waals surface area contributed by atoms with Gasteiger partial charge in [-0.15, -0.1) is 11.3 Å². The maximum Gasteiger partial charge on any atom is 0.247 e. The number of amides is 1. The molecule has 4 heteroatoms. The Hall–Kier alpha value is -2.07. The second-order valence-corrected chi connectivity index (χ2v) is 7.00. The highest BCUT2D eigenvalue weighted by Crippen LogP contribution is 2.31. The molecule has 1 amide bonds. The zero-order chi connectivity index (χ0) is 16.8. The van der Waals surface area contributed by atoms with Gasteiger partial charge in [-0.3, -0.25) is 4.79 Å². The summed E-state index contributed by atoms with van der Waals surface area (Å²) in [5.41, 5.74) is 1.19. The Kier molecular flexibility index (Phi) is 5.70. The van der Waals surface area contributed by atoms with Gasteiger partial charge in [0.15, 0.2) is 0 Å². The Bertz CT molecular complexity index is 676. The van der Waals surface area contributed by atoms with Crippen LogP contribution in [0.5, 0.6) is 5.75 Å². The molecule has 3 nitrogen and oxygen atoms in total. The molecule has 1 atom stereocenters. The van der Waals surface area contributed by atoms with E-state index in [-0.39, 0.29) is 11.9 Å². The van der Waals surface area contributed by atoms with Gasteiger partial charge in [0, 0.05) is 17.5 Å². The van der Waals surface area contributed by atoms with Crippen LogP contribution >= 0.6 is 11.3 Å². The number of methoxy groups -OCH3 is 1. The van der Waals surface area contributed by atoms with E-state index in [0.29, 0.717) is 0 Å². The van der Waals surface area contributed by atoms with Crippen molar-refractivity contribution in [2.45, 2.75) is 31.7 Å². The van der Waals surface area contributed by atoms with Crippen LogP contribution in [0.15, 0.2) is 47.9 Å². The first-order chi connectivity index (χ1) is 11.8. The quantitative estimate of drug-likeness (QED) is 0.739. The summed E-state index contributed by atoms with van der Waals surface area (Å²) in [6.07, 6.45) is 8.08. The van der Waals surface area contributed by atoms with Crippen molar-refractivity contribution < 1.29 is 9.53 Å². The van der Waals surface area contributed by atoms with Crippen molar-refractivity contribution >= 4 is 23.3 Å². The van der Waals surface area contributed by atoms with Crippen LogP contribution in [0.2, 0.25) is 0 Å². The van der Waals surface area contributed by atoms with E-state index in [1.165, 1.54) is 12.0 Å². The van der Waals surface area contributed by atoms with Crippen LogP contribution < -0.4 is 4.74 Å². The molecule has 2 aromatic rings. The largest absolute Gasteiger partial charge is 0.497 e. The third-order valence-electron chi connectivity index (χ3n) is 4.47. The van der Waals surface area contributed by atoms with Crippen LogP contribution in [-0.4, -0.2) is 24.5 Å². The van der Waals surface area contributed by atoms with Crippen LogP contribution in [0.4, 0.5) is 0 Å². The van der Waals surface area contributed by atoms with Crippen molar-refractivity contribution in [3.8, 4) is 5.75 Å². The number of carbonyl (C=O) groups is 1. The molecule has 0 aliphatic carbocycles. The first-order valence-electron chi connectivity index (χ1n) is 8.44. The molecule has 0 bridgehead atoms. The number of nitrogens with zero attached hydrogens (tertiary/aromatic N) is 1. The maximum absolute atomic E-state index is 12.8. The van der Waals surface area contributed by atoms with Gasteiger partial charge in [-0.05, 0) is 48.1 Å². The van der Waals surface area contributed by atoms with Gasteiger partial charge in [0.25, 0.3) is 0 Å². The van der Waals surface area contributed by atoms with Crippen molar-refractivity contribution in [2.24, 2.45) is 0 Å². The fraction of sp³-hybridized carbons (Fsp3) is 0.350. The van der Waals surface area contributed by atoms with E-state index >= 15 is 0 Å². The second-order valence-electron chi connectivity index (χ2n) is 6.02. The number of thiophene rings is 1. The van der Waals surface area contributed by atoms with Gasteiger partial charge >= 0.3 is 0 Å². The summed E-state index contributed by atoms with van der Waals surface area (Å²) in [5, 5.41) is 2.02. The third kappa shape index (κ3) is 4.06. The Morgan fingerprint density at radius 3 is 2.75 bits per heavy atom. The minimum atomic E-state index is 0.103. The molecule has 1 aliphatic rings. The minimum Gasteiger partial charge on any atom is -0.497 e. The molecular weight excluding hydrogens is 318 g/mol. The monoisotopic (exact) mass is 341 g/mol. The standard InChI is InChI=1S/C20H23NO2S/c1-23-17-10-8-16(9-11-17)19-7-3-2-4-14-21(19)20(22)13-12-18-6-5-15-24-18/h5-6,8-13,15,19H,2-4,7,14H2,1H3/b13-12+/t19-/m0/s1. The van der Waals surface area contributed by atoms with E-state index in [1.54, 1.807) is 24.5 Å². The number of hydrogen-bond acceptors (Lipinski definition) is 3.